The molecule has 0 aromatic carbocycles. The largest absolute Gasteiger partial charge is 0.463 e. The van der Waals surface area contributed by atoms with Gasteiger partial charge in [-0.2, -0.15) is 0 Å². The highest BCUT2D eigenvalue weighted by atomic mass is 16.5. The smallest absolute Gasteiger partial charge is 0.330 e. The Kier molecular flexibility index (Phi) is 70.4. The van der Waals surface area contributed by atoms with Crippen molar-refractivity contribution in [2.75, 3.05) is 39.6 Å². The summed E-state index contributed by atoms with van der Waals surface area (Å²) in [5.41, 5.74) is 0. The first kappa shape index (κ1) is 68.4. The van der Waals surface area contributed by atoms with Crippen LogP contribution < -0.4 is 0 Å². The third-order valence-corrected chi connectivity index (χ3v) is 6.60. The Morgan fingerprint density at radius 3 is 0.810 bits per heavy atom. The molecule has 0 radical (unpaired) electrons. The van der Waals surface area contributed by atoms with Crippen molar-refractivity contribution in [1.29, 1.82) is 0 Å². The van der Waals surface area contributed by atoms with Crippen LogP contribution >= 0.6 is 0 Å². The average Bonchev–Trinajstić information content (AvgIpc) is 3.30. The van der Waals surface area contributed by atoms with E-state index in [1.54, 1.807) is 12.2 Å². The van der Waals surface area contributed by atoms with Gasteiger partial charge in [0.05, 0.1) is 33.0 Å². The molecule has 0 unspecified atom stereocenters. The lowest BCUT2D eigenvalue weighted by Crippen LogP contribution is -2.01. The van der Waals surface area contributed by atoms with Gasteiger partial charge >= 0.3 is 35.8 Å². The lowest BCUT2D eigenvalue weighted by atomic mass is 10.1. The van der Waals surface area contributed by atoms with E-state index in [2.05, 4.69) is 93.2 Å². The number of hydrogen-bond donors (Lipinski definition) is 0. The highest BCUT2D eigenvalue weighted by Crippen LogP contribution is 2.03. The normalized spacial score (nSPS) is 8.57. The van der Waals surface area contributed by atoms with Gasteiger partial charge in [0.2, 0.25) is 0 Å². The zero-order valence-electron chi connectivity index (χ0n) is 38.2. The van der Waals surface area contributed by atoms with Crippen molar-refractivity contribution < 1.29 is 57.2 Å². The molecule has 0 aliphatic carbocycles. The molecule has 0 aliphatic heterocycles. The van der Waals surface area contributed by atoms with Crippen LogP contribution in [-0.4, -0.2) is 75.5 Å². The Morgan fingerprint density at radius 2 is 0.492 bits per heavy atom. The van der Waals surface area contributed by atoms with E-state index in [4.69, 9.17) is 14.2 Å². The zero-order valence-corrected chi connectivity index (χ0v) is 38.2. The second kappa shape index (κ2) is 64.8. The van der Waals surface area contributed by atoms with Crippen molar-refractivity contribution in [2.24, 2.45) is 0 Å². The molecule has 0 N–H and O–H groups in total. The first-order chi connectivity index (χ1) is 30.3. The Labute approximate surface area is 379 Å². The van der Waals surface area contributed by atoms with Crippen molar-refractivity contribution in [3.05, 3.63) is 152 Å². The summed E-state index contributed by atoms with van der Waals surface area (Å²) in [4.78, 5) is 62.5. The lowest BCUT2D eigenvalue weighted by Gasteiger charge is -2.00. The Hall–Kier alpha value is -6.30. The molecule has 0 aromatic rings. The molecule has 0 saturated heterocycles. The molecular formula is C51H78O12. The summed E-state index contributed by atoms with van der Waals surface area (Å²) in [7, 11) is 0. The van der Waals surface area contributed by atoms with Crippen LogP contribution in [0.3, 0.4) is 0 Å². The minimum absolute atomic E-state index is 0.255. The third-order valence-electron chi connectivity index (χ3n) is 6.60. The lowest BCUT2D eigenvalue weighted by molar-refractivity contribution is -0.138. The summed E-state index contributed by atoms with van der Waals surface area (Å²) in [6.45, 7) is 43.4. The topological polar surface area (TPSA) is 158 Å². The molecule has 12 nitrogen and oxygen atoms in total. The summed E-state index contributed by atoms with van der Waals surface area (Å²) in [6.07, 6.45) is 32.6. The monoisotopic (exact) mass is 883 g/mol. The number of unbranched alkanes of at least 4 members (excludes halogenated alkanes) is 10. The van der Waals surface area contributed by atoms with Gasteiger partial charge in [-0.25, -0.2) is 28.8 Å². The van der Waals surface area contributed by atoms with E-state index in [1.165, 1.54) is 37.1 Å². The molecule has 63 heavy (non-hydrogen) atoms. The van der Waals surface area contributed by atoms with Crippen LogP contribution in [0.4, 0.5) is 0 Å². The van der Waals surface area contributed by atoms with Gasteiger partial charge in [0.1, 0.15) is 6.61 Å². The van der Waals surface area contributed by atoms with E-state index in [1.807, 2.05) is 18.2 Å². The SMILES string of the molecule is C=CCCCCCCOC(=O)C=C.C=CCCCCCOC(=O)C=C.C=CCCCCOC(=O)C=C.C=CCCCOC(=O)C=C.C=CCCOC(=O)C=C.C=CCOC(=O)C=C. The third kappa shape index (κ3) is 80.4. The van der Waals surface area contributed by atoms with Crippen LogP contribution in [0.1, 0.15) is 96.3 Å². The van der Waals surface area contributed by atoms with Crippen LogP contribution in [0.2, 0.25) is 0 Å². The summed E-state index contributed by atoms with van der Waals surface area (Å²) in [5.74, 6) is -2.15. The number of ether oxygens (including phenoxy) is 6. The fourth-order valence-corrected chi connectivity index (χ4v) is 3.36. The highest BCUT2D eigenvalue weighted by Gasteiger charge is 1.96. The maximum absolute atomic E-state index is 10.6. The fourth-order valence-electron chi connectivity index (χ4n) is 3.36. The van der Waals surface area contributed by atoms with Gasteiger partial charge in [0.15, 0.2) is 0 Å². The molecule has 0 fully saturated rings. The Balaban J connectivity index is -0.000000156. The molecule has 0 spiro atoms. The molecular weight excluding hydrogens is 805 g/mol. The Bertz CT molecular complexity index is 1310. The van der Waals surface area contributed by atoms with Crippen LogP contribution in [0.15, 0.2) is 152 Å². The van der Waals surface area contributed by atoms with Crippen molar-refractivity contribution in [3.63, 3.8) is 0 Å². The fraction of sp³-hybridized carbons (Fsp3) is 0.412. The van der Waals surface area contributed by atoms with Gasteiger partial charge in [-0.05, 0) is 83.5 Å². The molecule has 0 aliphatic rings. The number of esters is 6. The van der Waals surface area contributed by atoms with Gasteiger partial charge in [0.25, 0.3) is 0 Å². The summed E-state index contributed by atoms with van der Waals surface area (Å²) in [5, 5.41) is 0. The van der Waals surface area contributed by atoms with Crippen LogP contribution in [0.5, 0.6) is 0 Å². The molecule has 0 heterocycles. The zero-order chi connectivity index (χ0) is 49.0. The predicted octanol–water partition coefficient (Wildman–Crippen LogP) is 11.3. The molecule has 0 bridgehead atoms. The first-order valence-electron chi connectivity index (χ1n) is 20.8. The quantitative estimate of drug-likeness (QED) is 0.0202. The molecule has 0 aromatic heterocycles. The molecule has 0 rings (SSSR count). The van der Waals surface area contributed by atoms with Gasteiger partial charge in [-0.1, -0.05) is 95.4 Å². The number of rotatable bonds is 33. The van der Waals surface area contributed by atoms with E-state index < -0.39 is 5.97 Å². The molecule has 0 amide bonds. The number of carbonyl (C=O) groups is 6. The van der Waals surface area contributed by atoms with Crippen molar-refractivity contribution >= 4 is 35.8 Å². The first-order valence-corrected chi connectivity index (χ1v) is 20.8. The highest BCUT2D eigenvalue weighted by molar-refractivity contribution is 5.82. The second-order valence-corrected chi connectivity index (χ2v) is 11.9. The molecule has 12 heteroatoms. The van der Waals surface area contributed by atoms with E-state index in [0.717, 1.165) is 95.3 Å². The van der Waals surface area contributed by atoms with Gasteiger partial charge < -0.3 is 28.4 Å². The van der Waals surface area contributed by atoms with Gasteiger partial charge in [-0.3, -0.25) is 0 Å². The standard InChI is InChI=1S/C11H18O2.C10H16O2.C9H14O2.C8H12O2.C7H10O2.C6H8O2/c1-3-5-6-7-8-9-10-13-11(12)4-2;1-3-5-6-7-8-9-12-10(11)4-2;1-3-5-6-7-8-11-9(10)4-2;1-3-5-6-7-10-8(9)4-2;1-3-5-6-9-7(8)4-2;1-3-5-8-6(7)4-2/h3-4H,1-2,5-10H2;3-4H,1-2,5-9H2;3-4H,1-2,5-8H2;3-4H,1-2,5-7H2;3-4H,1-2,5-6H2;3-4H,1-2,5H2. The van der Waals surface area contributed by atoms with Crippen LogP contribution in [0, 0.1) is 0 Å². The maximum atomic E-state index is 10.6. The number of carbonyl (C=O) groups excluding carboxylic acids is 6. The maximum Gasteiger partial charge on any atom is 0.330 e. The minimum atomic E-state index is -0.412. The van der Waals surface area contributed by atoms with E-state index in [-0.39, 0.29) is 36.5 Å². The van der Waals surface area contributed by atoms with Crippen molar-refractivity contribution in [2.45, 2.75) is 96.3 Å². The summed E-state index contributed by atoms with van der Waals surface area (Å²) < 4.78 is 28.1. The summed E-state index contributed by atoms with van der Waals surface area (Å²) >= 11 is 0. The van der Waals surface area contributed by atoms with Crippen LogP contribution in [-0.2, 0) is 57.2 Å². The van der Waals surface area contributed by atoms with Crippen LogP contribution in [0.25, 0.3) is 0 Å². The number of allylic oxidation sites excluding steroid dienone is 4. The predicted molar refractivity (Wildman–Crippen MR) is 257 cm³/mol. The van der Waals surface area contributed by atoms with E-state index >= 15 is 0 Å². The van der Waals surface area contributed by atoms with Gasteiger partial charge in [-0.15, -0.1) is 32.9 Å². The second-order valence-electron chi connectivity index (χ2n) is 11.9. The van der Waals surface area contributed by atoms with Crippen molar-refractivity contribution in [1.82, 2.24) is 0 Å². The van der Waals surface area contributed by atoms with E-state index in [9.17, 15) is 28.8 Å². The van der Waals surface area contributed by atoms with Gasteiger partial charge in [0, 0.05) is 36.5 Å². The summed E-state index contributed by atoms with van der Waals surface area (Å²) in [6, 6.07) is 0. The average molecular weight is 883 g/mol. The minimum Gasteiger partial charge on any atom is -0.463 e. The Morgan fingerprint density at radius 1 is 0.254 bits per heavy atom. The number of hydrogen-bond acceptors (Lipinski definition) is 12. The molecule has 354 valence electrons. The molecule has 0 atom stereocenters. The van der Waals surface area contributed by atoms with E-state index in [0.29, 0.717) is 39.5 Å². The molecule has 0 saturated carbocycles. The van der Waals surface area contributed by atoms with Crippen molar-refractivity contribution in [3.8, 4) is 0 Å².